The number of anilines is 2. The molecule has 1 aliphatic rings. The Morgan fingerprint density at radius 1 is 1.19 bits per heavy atom. The Morgan fingerprint density at radius 2 is 1.95 bits per heavy atom. The lowest BCUT2D eigenvalue weighted by Gasteiger charge is -2.18. The summed E-state index contributed by atoms with van der Waals surface area (Å²) in [6, 6.07) is 8.78. The minimum absolute atomic E-state index is 0.250. The van der Waals surface area contributed by atoms with Gasteiger partial charge in [-0.15, -0.1) is 0 Å². The first-order valence-electron chi connectivity index (χ1n) is 8.37. The maximum Gasteiger partial charge on any atom is 0.227 e. The number of carbonyl (C=O) groups is 1. The van der Waals surface area contributed by atoms with Crippen molar-refractivity contribution >= 4 is 17.3 Å². The SMILES string of the molecule is CCCCCCC(C)Nc1ccc(N2CCCC2=O)cc1. The zero-order valence-corrected chi connectivity index (χ0v) is 13.4. The zero-order chi connectivity index (χ0) is 15.1. The molecule has 2 rings (SSSR count). The molecule has 1 aromatic rings. The van der Waals surface area contributed by atoms with Crippen molar-refractivity contribution in [3.8, 4) is 0 Å². The maximum atomic E-state index is 11.7. The summed E-state index contributed by atoms with van der Waals surface area (Å²) in [6.07, 6.45) is 8.14. The fraction of sp³-hybridized carbons (Fsp3) is 0.611. The summed E-state index contributed by atoms with van der Waals surface area (Å²) in [4.78, 5) is 13.6. The summed E-state index contributed by atoms with van der Waals surface area (Å²) in [7, 11) is 0. The number of amides is 1. The van der Waals surface area contributed by atoms with Crippen molar-refractivity contribution in [2.24, 2.45) is 0 Å². The molecule has 1 fully saturated rings. The molecule has 0 spiro atoms. The normalized spacial score (nSPS) is 16.3. The van der Waals surface area contributed by atoms with Gasteiger partial charge in [0.1, 0.15) is 0 Å². The van der Waals surface area contributed by atoms with Crippen LogP contribution in [0.25, 0.3) is 0 Å². The highest BCUT2D eigenvalue weighted by molar-refractivity contribution is 5.95. The van der Waals surface area contributed by atoms with Crippen LogP contribution in [0, 0.1) is 0 Å². The molecular weight excluding hydrogens is 260 g/mol. The number of nitrogens with zero attached hydrogens (tertiary/aromatic N) is 1. The van der Waals surface area contributed by atoms with Gasteiger partial charge >= 0.3 is 0 Å². The van der Waals surface area contributed by atoms with E-state index in [0.29, 0.717) is 12.5 Å². The van der Waals surface area contributed by atoms with Crippen molar-refractivity contribution in [1.82, 2.24) is 0 Å². The predicted octanol–water partition coefficient (Wildman–Crippen LogP) is 4.58. The van der Waals surface area contributed by atoms with Gasteiger partial charge in [-0.2, -0.15) is 0 Å². The van der Waals surface area contributed by atoms with Crippen LogP contribution in [0.2, 0.25) is 0 Å². The van der Waals surface area contributed by atoms with Gasteiger partial charge in [0.2, 0.25) is 5.91 Å². The van der Waals surface area contributed by atoms with Gasteiger partial charge in [0.15, 0.2) is 0 Å². The van der Waals surface area contributed by atoms with Gasteiger partial charge in [-0.3, -0.25) is 4.79 Å². The molecule has 0 bridgehead atoms. The van der Waals surface area contributed by atoms with Crippen LogP contribution in [0.1, 0.15) is 58.8 Å². The second kappa shape index (κ2) is 8.06. The summed E-state index contributed by atoms with van der Waals surface area (Å²) >= 11 is 0. The maximum absolute atomic E-state index is 11.7. The average molecular weight is 288 g/mol. The van der Waals surface area contributed by atoms with E-state index in [4.69, 9.17) is 0 Å². The third-order valence-corrected chi connectivity index (χ3v) is 4.16. The van der Waals surface area contributed by atoms with Crippen molar-refractivity contribution < 1.29 is 4.79 Å². The van der Waals surface area contributed by atoms with Crippen molar-refractivity contribution in [2.45, 2.75) is 64.8 Å². The first-order valence-corrected chi connectivity index (χ1v) is 8.37. The molecule has 0 radical (unpaired) electrons. The van der Waals surface area contributed by atoms with Gasteiger partial charge in [0.25, 0.3) is 0 Å². The van der Waals surface area contributed by atoms with E-state index < -0.39 is 0 Å². The Morgan fingerprint density at radius 3 is 2.57 bits per heavy atom. The van der Waals surface area contributed by atoms with E-state index in [9.17, 15) is 4.79 Å². The largest absolute Gasteiger partial charge is 0.383 e. The molecule has 3 heteroatoms. The second-order valence-electron chi connectivity index (χ2n) is 6.09. The minimum Gasteiger partial charge on any atom is -0.383 e. The molecule has 0 aliphatic carbocycles. The molecule has 116 valence electrons. The molecular formula is C18H28N2O. The van der Waals surface area contributed by atoms with E-state index in [1.807, 2.05) is 4.90 Å². The highest BCUT2D eigenvalue weighted by atomic mass is 16.2. The third-order valence-electron chi connectivity index (χ3n) is 4.16. The Bertz CT molecular complexity index is 441. The molecule has 1 atom stereocenters. The molecule has 1 heterocycles. The number of nitrogens with one attached hydrogen (secondary N) is 1. The predicted molar refractivity (Wildman–Crippen MR) is 89.9 cm³/mol. The van der Waals surface area contributed by atoms with Crippen molar-refractivity contribution in [3.05, 3.63) is 24.3 Å². The molecule has 0 aromatic heterocycles. The molecule has 21 heavy (non-hydrogen) atoms. The second-order valence-corrected chi connectivity index (χ2v) is 6.09. The molecule has 1 aromatic carbocycles. The molecule has 3 nitrogen and oxygen atoms in total. The smallest absolute Gasteiger partial charge is 0.227 e. The summed E-state index contributed by atoms with van der Waals surface area (Å²) < 4.78 is 0. The monoisotopic (exact) mass is 288 g/mol. The van der Waals surface area contributed by atoms with Gasteiger partial charge in [-0.1, -0.05) is 32.6 Å². The number of rotatable bonds is 8. The molecule has 1 saturated heterocycles. The zero-order valence-electron chi connectivity index (χ0n) is 13.4. The van der Waals surface area contributed by atoms with E-state index in [1.54, 1.807) is 0 Å². The standard InChI is InChI=1S/C18H28N2O/c1-3-4-5-6-8-15(2)19-16-10-12-17(13-11-16)20-14-7-9-18(20)21/h10-13,15,19H,3-9,14H2,1-2H3. The van der Waals surface area contributed by atoms with Gasteiger partial charge < -0.3 is 10.2 Å². The van der Waals surface area contributed by atoms with E-state index in [-0.39, 0.29) is 5.91 Å². The van der Waals surface area contributed by atoms with E-state index >= 15 is 0 Å². The van der Waals surface area contributed by atoms with Crippen LogP contribution in [-0.2, 0) is 4.79 Å². The third kappa shape index (κ3) is 4.76. The highest BCUT2D eigenvalue weighted by Gasteiger charge is 2.21. The summed E-state index contributed by atoms with van der Waals surface area (Å²) in [5.41, 5.74) is 2.17. The summed E-state index contributed by atoms with van der Waals surface area (Å²) in [5.74, 6) is 0.250. The molecule has 1 amide bonds. The van der Waals surface area contributed by atoms with Crippen LogP contribution >= 0.6 is 0 Å². The Labute approximate surface area is 128 Å². The fourth-order valence-electron chi connectivity index (χ4n) is 2.89. The summed E-state index contributed by atoms with van der Waals surface area (Å²) in [5, 5.41) is 3.54. The van der Waals surface area contributed by atoms with Crippen LogP contribution in [-0.4, -0.2) is 18.5 Å². The topological polar surface area (TPSA) is 32.3 Å². The van der Waals surface area contributed by atoms with E-state index in [0.717, 1.165) is 24.3 Å². The average Bonchev–Trinajstić information content (AvgIpc) is 2.91. The van der Waals surface area contributed by atoms with Crippen molar-refractivity contribution in [3.63, 3.8) is 0 Å². The number of unbranched alkanes of at least 4 members (excludes halogenated alkanes) is 3. The molecule has 1 aliphatic heterocycles. The van der Waals surface area contributed by atoms with Crippen LogP contribution in [0.3, 0.4) is 0 Å². The number of carbonyl (C=O) groups excluding carboxylic acids is 1. The molecule has 1 unspecified atom stereocenters. The first kappa shape index (κ1) is 15.9. The van der Waals surface area contributed by atoms with Gasteiger partial charge in [0.05, 0.1) is 0 Å². The van der Waals surface area contributed by atoms with Gasteiger partial charge in [-0.25, -0.2) is 0 Å². The summed E-state index contributed by atoms with van der Waals surface area (Å²) in [6.45, 7) is 5.34. The number of benzene rings is 1. The molecule has 0 saturated carbocycles. The minimum atomic E-state index is 0.250. The quantitative estimate of drug-likeness (QED) is 0.710. The van der Waals surface area contributed by atoms with Crippen molar-refractivity contribution in [2.75, 3.05) is 16.8 Å². The number of hydrogen-bond donors (Lipinski definition) is 1. The Hall–Kier alpha value is -1.51. The van der Waals surface area contributed by atoms with Crippen LogP contribution in [0.4, 0.5) is 11.4 Å². The lowest BCUT2D eigenvalue weighted by molar-refractivity contribution is -0.117. The fourth-order valence-corrected chi connectivity index (χ4v) is 2.89. The lowest BCUT2D eigenvalue weighted by Crippen LogP contribution is -2.23. The van der Waals surface area contributed by atoms with Gasteiger partial charge in [-0.05, 0) is 44.0 Å². The van der Waals surface area contributed by atoms with Gasteiger partial charge in [0, 0.05) is 30.4 Å². The highest BCUT2D eigenvalue weighted by Crippen LogP contribution is 2.23. The molecule has 1 N–H and O–H groups in total. The van der Waals surface area contributed by atoms with Crippen molar-refractivity contribution in [1.29, 1.82) is 0 Å². The Balaban J connectivity index is 1.80. The van der Waals surface area contributed by atoms with E-state index in [2.05, 4.69) is 43.4 Å². The van der Waals surface area contributed by atoms with Crippen LogP contribution in [0.15, 0.2) is 24.3 Å². The van der Waals surface area contributed by atoms with Crippen LogP contribution in [0.5, 0.6) is 0 Å². The Kier molecular flexibility index (Phi) is 6.09. The lowest BCUT2D eigenvalue weighted by atomic mass is 10.1. The van der Waals surface area contributed by atoms with Crippen LogP contribution < -0.4 is 10.2 Å². The van der Waals surface area contributed by atoms with E-state index in [1.165, 1.54) is 32.1 Å². The first-order chi connectivity index (χ1) is 10.2. The number of hydrogen-bond acceptors (Lipinski definition) is 2.